The lowest BCUT2D eigenvalue weighted by molar-refractivity contribution is 0.0565. The summed E-state index contributed by atoms with van der Waals surface area (Å²) in [7, 11) is 1.71. The van der Waals surface area contributed by atoms with Crippen molar-refractivity contribution in [2.75, 3.05) is 33.4 Å². The van der Waals surface area contributed by atoms with E-state index >= 15 is 0 Å². The molecule has 18 heavy (non-hydrogen) atoms. The number of carbonyl (C=O) groups is 1. The number of hydrogen-bond donors (Lipinski definition) is 1. The number of ether oxygens (including phenoxy) is 1. The number of morpholine rings is 1. The van der Waals surface area contributed by atoms with Gasteiger partial charge in [-0.1, -0.05) is 6.07 Å². The van der Waals surface area contributed by atoms with Gasteiger partial charge in [-0.2, -0.15) is 0 Å². The minimum Gasteiger partial charge on any atom is -0.378 e. The van der Waals surface area contributed by atoms with Gasteiger partial charge in [0.1, 0.15) is 5.82 Å². The molecule has 4 nitrogen and oxygen atoms in total. The molecule has 1 fully saturated rings. The highest BCUT2D eigenvalue weighted by molar-refractivity contribution is 5.94. The lowest BCUT2D eigenvalue weighted by Gasteiger charge is -2.28. The average molecular weight is 252 g/mol. The summed E-state index contributed by atoms with van der Waals surface area (Å²) < 4.78 is 18.4. The van der Waals surface area contributed by atoms with Gasteiger partial charge in [-0.3, -0.25) is 4.79 Å². The molecule has 1 heterocycles. The normalized spacial score (nSPS) is 19.6. The van der Waals surface area contributed by atoms with Gasteiger partial charge in [-0.05, 0) is 18.2 Å². The highest BCUT2D eigenvalue weighted by atomic mass is 19.1. The number of carbonyl (C=O) groups excluding carboxylic acids is 1. The van der Waals surface area contributed by atoms with E-state index in [2.05, 4.69) is 5.32 Å². The molecule has 1 aliphatic rings. The third-order valence-corrected chi connectivity index (χ3v) is 2.91. The van der Waals surface area contributed by atoms with Crippen molar-refractivity contribution >= 4 is 5.91 Å². The Morgan fingerprint density at radius 2 is 2.44 bits per heavy atom. The number of likely N-dealkylation sites (N-methyl/N-ethyl adjacent to an activating group) is 1. The zero-order valence-corrected chi connectivity index (χ0v) is 10.4. The zero-order valence-electron chi connectivity index (χ0n) is 10.4. The molecule has 0 radical (unpaired) electrons. The predicted molar refractivity (Wildman–Crippen MR) is 66.0 cm³/mol. The molecular formula is C13H17FN2O2. The molecule has 1 amide bonds. The first-order valence-electron chi connectivity index (χ1n) is 5.99. The van der Waals surface area contributed by atoms with Crippen LogP contribution in [0.4, 0.5) is 4.39 Å². The maximum absolute atomic E-state index is 13.0. The fourth-order valence-electron chi connectivity index (χ4n) is 1.99. The summed E-state index contributed by atoms with van der Waals surface area (Å²) in [6, 6.07) is 5.88. The number of benzene rings is 1. The first kappa shape index (κ1) is 13.0. The van der Waals surface area contributed by atoms with E-state index in [-0.39, 0.29) is 11.9 Å². The molecular weight excluding hydrogens is 235 g/mol. The lowest BCUT2D eigenvalue weighted by Crippen LogP contribution is -2.48. The minimum absolute atomic E-state index is 0.140. The van der Waals surface area contributed by atoms with Crippen LogP contribution in [0.25, 0.3) is 0 Å². The summed E-state index contributed by atoms with van der Waals surface area (Å²) in [5.41, 5.74) is 0.370. The van der Waals surface area contributed by atoms with E-state index in [0.29, 0.717) is 25.3 Å². The van der Waals surface area contributed by atoms with E-state index < -0.39 is 5.82 Å². The summed E-state index contributed by atoms with van der Waals surface area (Å²) in [5, 5.41) is 3.27. The number of amides is 1. The van der Waals surface area contributed by atoms with Crippen molar-refractivity contribution in [3.05, 3.63) is 35.6 Å². The average Bonchev–Trinajstić information content (AvgIpc) is 2.39. The van der Waals surface area contributed by atoms with E-state index in [4.69, 9.17) is 4.74 Å². The molecule has 0 spiro atoms. The van der Waals surface area contributed by atoms with Crippen LogP contribution in [0, 0.1) is 5.82 Å². The number of halogens is 1. The topological polar surface area (TPSA) is 41.6 Å². The second-order valence-corrected chi connectivity index (χ2v) is 4.42. The van der Waals surface area contributed by atoms with Gasteiger partial charge in [0.05, 0.1) is 13.2 Å². The third kappa shape index (κ3) is 3.27. The Labute approximate surface area is 106 Å². The van der Waals surface area contributed by atoms with Gasteiger partial charge < -0.3 is 15.0 Å². The quantitative estimate of drug-likeness (QED) is 0.868. The van der Waals surface area contributed by atoms with Gasteiger partial charge >= 0.3 is 0 Å². The van der Waals surface area contributed by atoms with Crippen molar-refractivity contribution in [3.8, 4) is 0 Å². The molecule has 1 aromatic rings. The summed E-state index contributed by atoms with van der Waals surface area (Å²) in [6.07, 6.45) is 0. The maximum atomic E-state index is 13.0. The van der Waals surface area contributed by atoms with Gasteiger partial charge in [-0.15, -0.1) is 0 Å². The van der Waals surface area contributed by atoms with Crippen LogP contribution >= 0.6 is 0 Å². The monoisotopic (exact) mass is 252 g/mol. The second kappa shape index (κ2) is 5.93. The molecule has 98 valence electrons. The van der Waals surface area contributed by atoms with E-state index in [9.17, 15) is 9.18 Å². The van der Waals surface area contributed by atoms with Crippen molar-refractivity contribution in [3.63, 3.8) is 0 Å². The Hall–Kier alpha value is -1.46. The van der Waals surface area contributed by atoms with Crippen molar-refractivity contribution in [2.24, 2.45) is 0 Å². The van der Waals surface area contributed by atoms with E-state index in [1.807, 2.05) is 0 Å². The third-order valence-electron chi connectivity index (χ3n) is 2.91. The number of rotatable bonds is 3. The smallest absolute Gasteiger partial charge is 0.253 e. The van der Waals surface area contributed by atoms with E-state index in [1.54, 1.807) is 24.1 Å². The molecule has 5 heteroatoms. The van der Waals surface area contributed by atoms with Crippen molar-refractivity contribution < 1.29 is 13.9 Å². The number of nitrogens with zero attached hydrogens (tertiary/aromatic N) is 1. The molecule has 1 saturated heterocycles. The van der Waals surface area contributed by atoms with Crippen LogP contribution < -0.4 is 5.32 Å². The Kier molecular flexibility index (Phi) is 4.28. The minimum atomic E-state index is -0.395. The van der Waals surface area contributed by atoms with Crippen LogP contribution in [0.2, 0.25) is 0 Å². The molecule has 0 bridgehead atoms. The van der Waals surface area contributed by atoms with Crippen LogP contribution in [0.5, 0.6) is 0 Å². The molecule has 1 atom stereocenters. The summed E-state index contributed by atoms with van der Waals surface area (Å²) in [5.74, 6) is -0.574. The van der Waals surface area contributed by atoms with Gasteiger partial charge in [0.25, 0.3) is 5.91 Å². The fourth-order valence-corrected chi connectivity index (χ4v) is 1.99. The Bertz CT molecular complexity index is 419. The molecule has 1 N–H and O–H groups in total. The summed E-state index contributed by atoms with van der Waals surface area (Å²) in [6.45, 7) is 2.65. The van der Waals surface area contributed by atoms with Crippen LogP contribution in [0.15, 0.2) is 24.3 Å². The molecule has 1 unspecified atom stereocenters. The molecule has 1 aliphatic heterocycles. The second-order valence-electron chi connectivity index (χ2n) is 4.42. The fraction of sp³-hybridized carbons (Fsp3) is 0.462. The summed E-state index contributed by atoms with van der Waals surface area (Å²) >= 11 is 0. The number of hydrogen-bond acceptors (Lipinski definition) is 3. The van der Waals surface area contributed by atoms with Crippen molar-refractivity contribution in [2.45, 2.75) is 6.04 Å². The lowest BCUT2D eigenvalue weighted by atomic mass is 10.2. The van der Waals surface area contributed by atoms with E-state index in [1.165, 1.54) is 12.1 Å². The standard InChI is InChI=1S/C13H17FN2O2/c1-16(8-12-9-18-6-5-15-12)13(17)10-3-2-4-11(14)7-10/h2-4,7,12,15H,5-6,8-9H2,1H3. The maximum Gasteiger partial charge on any atom is 0.253 e. The summed E-state index contributed by atoms with van der Waals surface area (Å²) in [4.78, 5) is 13.6. The molecule has 2 rings (SSSR count). The van der Waals surface area contributed by atoms with E-state index in [0.717, 1.165) is 6.54 Å². The SMILES string of the molecule is CN(CC1COCCN1)C(=O)c1cccc(F)c1. The highest BCUT2D eigenvalue weighted by Gasteiger charge is 2.19. The zero-order chi connectivity index (χ0) is 13.0. The number of nitrogens with one attached hydrogen (secondary N) is 1. The predicted octanol–water partition coefficient (Wildman–Crippen LogP) is 0.886. The highest BCUT2D eigenvalue weighted by Crippen LogP contribution is 2.07. The van der Waals surface area contributed by atoms with Crippen LogP contribution in [0.3, 0.4) is 0 Å². The molecule has 0 saturated carbocycles. The Morgan fingerprint density at radius 1 is 1.61 bits per heavy atom. The largest absolute Gasteiger partial charge is 0.378 e. The van der Waals surface area contributed by atoms with Crippen LogP contribution in [-0.4, -0.2) is 50.2 Å². The first-order valence-corrected chi connectivity index (χ1v) is 5.99. The van der Waals surface area contributed by atoms with Crippen molar-refractivity contribution in [1.29, 1.82) is 0 Å². The Balaban J connectivity index is 1.95. The van der Waals surface area contributed by atoms with Crippen LogP contribution in [-0.2, 0) is 4.74 Å². The van der Waals surface area contributed by atoms with Crippen molar-refractivity contribution in [1.82, 2.24) is 10.2 Å². The van der Waals surface area contributed by atoms with Gasteiger partial charge in [0.15, 0.2) is 0 Å². The van der Waals surface area contributed by atoms with Crippen LogP contribution in [0.1, 0.15) is 10.4 Å². The molecule has 0 aliphatic carbocycles. The van der Waals surface area contributed by atoms with Gasteiger partial charge in [0.2, 0.25) is 0 Å². The van der Waals surface area contributed by atoms with Gasteiger partial charge in [0, 0.05) is 31.7 Å². The van der Waals surface area contributed by atoms with Gasteiger partial charge in [-0.25, -0.2) is 4.39 Å². The Morgan fingerprint density at radius 3 is 3.11 bits per heavy atom. The molecule has 1 aromatic carbocycles. The first-order chi connectivity index (χ1) is 8.66. The molecule has 0 aromatic heterocycles.